The number of hydrogen-bond donors (Lipinski definition) is 2. The molecule has 0 unspecified atom stereocenters. The van der Waals surface area contributed by atoms with Gasteiger partial charge in [0.1, 0.15) is 23.8 Å². The lowest BCUT2D eigenvalue weighted by atomic mass is 10.1. The third-order valence-corrected chi connectivity index (χ3v) is 5.55. The van der Waals surface area contributed by atoms with E-state index in [0.29, 0.717) is 17.7 Å². The Morgan fingerprint density at radius 1 is 1.17 bits per heavy atom. The zero-order valence-corrected chi connectivity index (χ0v) is 15.8. The molecule has 4 heterocycles. The highest BCUT2D eigenvalue weighted by Crippen LogP contribution is 2.27. The molecule has 2 N–H and O–H groups in total. The number of benzene rings is 1. The highest BCUT2D eigenvalue weighted by atomic mass is 16.6. The van der Waals surface area contributed by atoms with E-state index in [-0.39, 0.29) is 30.8 Å². The molecule has 1 amide bonds. The number of aliphatic hydroxyl groups excluding tert-OH is 1. The minimum atomic E-state index is -0.639. The Balaban J connectivity index is 1.27. The summed E-state index contributed by atoms with van der Waals surface area (Å²) in [6.45, 7) is 1.32. The Kier molecular flexibility index (Phi) is 4.75. The van der Waals surface area contributed by atoms with Crippen LogP contribution in [0.15, 0.2) is 48.9 Å². The number of imidazole rings is 1. The van der Waals surface area contributed by atoms with Gasteiger partial charge in [-0.05, 0) is 18.1 Å². The van der Waals surface area contributed by atoms with Crippen LogP contribution in [0.25, 0.3) is 11.2 Å². The molecule has 2 aliphatic rings. The second-order valence-electron chi connectivity index (χ2n) is 7.48. The van der Waals surface area contributed by atoms with E-state index in [2.05, 4.69) is 27.4 Å². The van der Waals surface area contributed by atoms with Gasteiger partial charge in [0.2, 0.25) is 0 Å². The molecule has 150 valence electrons. The van der Waals surface area contributed by atoms with Crippen molar-refractivity contribution in [2.45, 2.75) is 37.3 Å². The maximum absolute atomic E-state index is 12.7. The van der Waals surface area contributed by atoms with Gasteiger partial charge in [-0.1, -0.05) is 30.3 Å². The fourth-order valence-corrected chi connectivity index (χ4v) is 3.99. The third kappa shape index (κ3) is 3.50. The molecule has 2 saturated heterocycles. The SMILES string of the molecule is O=C(N[C@@H]1CO[C@H]2[C@@H]1OC[C@H]2O)c1cnc2c(c1)ncn2CCc1ccccc1. The van der Waals surface area contributed by atoms with Crippen LogP contribution in [-0.4, -0.2) is 63.1 Å². The van der Waals surface area contributed by atoms with E-state index < -0.39 is 6.10 Å². The van der Waals surface area contributed by atoms with Crippen LogP contribution in [0.4, 0.5) is 0 Å². The largest absolute Gasteiger partial charge is 0.388 e. The fourth-order valence-electron chi connectivity index (χ4n) is 3.99. The second kappa shape index (κ2) is 7.55. The van der Waals surface area contributed by atoms with Gasteiger partial charge in [0.15, 0.2) is 5.65 Å². The van der Waals surface area contributed by atoms with Crippen LogP contribution in [0.5, 0.6) is 0 Å². The Morgan fingerprint density at radius 3 is 2.86 bits per heavy atom. The van der Waals surface area contributed by atoms with Gasteiger partial charge in [0.05, 0.1) is 31.1 Å². The maximum Gasteiger partial charge on any atom is 0.253 e. The molecular weight excluding hydrogens is 372 g/mol. The molecule has 0 aliphatic carbocycles. The Bertz CT molecular complexity index is 1020. The van der Waals surface area contributed by atoms with Crippen molar-refractivity contribution in [1.29, 1.82) is 0 Å². The highest BCUT2D eigenvalue weighted by Gasteiger charge is 2.47. The first kappa shape index (κ1) is 18.2. The van der Waals surface area contributed by atoms with Crippen molar-refractivity contribution >= 4 is 17.1 Å². The number of pyridine rings is 1. The van der Waals surface area contributed by atoms with Crippen LogP contribution in [0.2, 0.25) is 0 Å². The van der Waals surface area contributed by atoms with Gasteiger partial charge in [-0.15, -0.1) is 0 Å². The topological polar surface area (TPSA) is 98.5 Å². The van der Waals surface area contributed by atoms with Crippen molar-refractivity contribution in [3.05, 3.63) is 60.0 Å². The van der Waals surface area contributed by atoms with Crippen LogP contribution < -0.4 is 5.32 Å². The number of nitrogens with one attached hydrogen (secondary N) is 1. The van der Waals surface area contributed by atoms with Gasteiger partial charge in [-0.25, -0.2) is 9.97 Å². The number of carbonyl (C=O) groups is 1. The summed E-state index contributed by atoms with van der Waals surface area (Å²) in [5.41, 5.74) is 3.12. The van der Waals surface area contributed by atoms with E-state index in [1.807, 2.05) is 22.8 Å². The highest BCUT2D eigenvalue weighted by molar-refractivity contribution is 5.96. The normalized spacial score (nSPS) is 26.0. The molecule has 8 nitrogen and oxygen atoms in total. The molecule has 0 bridgehead atoms. The molecular formula is C21H22N4O4. The van der Waals surface area contributed by atoms with Crippen molar-refractivity contribution in [3.8, 4) is 0 Å². The van der Waals surface area contributed by atoms with Gasteiger partial charge in [-0.2, -0.15) is 0 Å². The smallest absolute Gasteiger partial charge is 0.253 e. The number of hydrogen-bond acceptors (Lipinski definition) is 6. The van der Waals surface area contributed by atoms with Gasteiger partial charge >= 0.3 is 0 Å². The summed E-state index contributed by atoms with van der Waals surface area (Å²) in [5, 5.41) is 12.8. The lowest BCUT2D eigenvalue weighted by molar-refractivity contribution is 0.0178. The molecule has 4 atom stereocenters. The zero-order chi connectivity index (χ0) is 19.8. The number of rotatable bonds is 5. The molecule has 8 heteroatoms. The first-order chi connectivity index (χ1) is 14.2. The van der Waals surface area contributed by atoms with Crippen LogP contribution in [0, 0.1) is 0 Å². The van der Waals surface area contributed by atoms with E-state index in [1.54, 1.807) is 18.6 Å². The van der Waals surface area contributed by atoms with Crippen molar-refractivity contribution < 1.29 is 19.4 Å². The summed E-state index contributed by atoms with van der Waals surface area (Å²) in [6.07, 6.45) is 2.87. The molecule has 0 spiro atoms. The summed E-state index contributed by atoms with van der Waals surface area (Å²) in [4.78, 5) is 21.5. The number of fused-ring (bicyclic) bond motifs is 2. The first-order valence-corrected chi connectivity index (χ1v) is 9.76. The average molecular weight is 394 g/mol. The fraction of sp³-hybridized carbons (Fsp3) is 0.381. The quantitative estimate of drug-likeness (QED) is 0.668. The summed E-state index contributed by atoms with van der Waals surface area (Å²) in [6, 6.07) is 11.7. The monoisotopic (exact) mass is 394 g/mol. The lowest BCUT2D eigenvalue weighted by Crippen LogP contribution is -2.44. The number of ether oxygens (including phenoxy) is 2. The summed E-state index contributed by atoms with van der Waals surface area (Å²) < 4.78 is 13.1. The van der Waals surface area contributed by atoms with Crippen LogP contribution in [-0.2, 0) is 22.4 Å². The van der Waals surface area contributed by atoms with Crippen LogP contribution >= 0.6 is 0 Å². The predicted octanol–water partition coefficient (Wildman–Crippen LogP) is 0.931. The number of aryl methyl sites for hydroxylation is 2. The molecule has 3 aromatic rings. The Morgan fingerprint density at radius 2 is 2.00 bits per heavy atom. The first-order valence-electron chi connectivity index (χ1n) is 9.76. The van der Waals surface area contributed by atoms with Crippen molar-refractivity contribution in [1.82, 2.24) is 19.9 Å². The number of aromatic nitrogens is 3. The van der Waals surface area contributed by atoms with Crippen molar-refractivity contribution in [2.24, 2.45) is 0 Å². The summed E-state index contributed by atoms with van der Waals surface area (Å²) in [5.74, 6) is -0.252. The van der Waals surface area contributed by atoms with Gasteiger partial charge in [0.25, 0.3) is 5.91 Å². The minimum Gasteiger partial charge on any atom is -0.388 e. The van der Waals surface area contributed by atoms with E-state index >= 15 is 0 Å². The summed E-state index contributed by atoms with van der Waals surface area (Å²) in [7, 11) is 0. The molecule has 0 radical (unpaired) electrons. The molecule has 2 aliphatic heterocycles. The minimum absolute atomic E-state index is 0.232. The maximum atomic E-state index is 12.7. The van der Waals surface area contributed by atoms with Gasteiger partial charge < -0.3 is 24.5 Å². The Hall–Kier alpha value is -2.81. The zero-order valence-electron chi connectivity index (χ0n) is 15.8. The molecule has 29 heavy (non-hydrogen) atoms. The van der Waals surface area contributed by atoms with Crippen molar-refractivity contribution in [2.75, 3.05) is 13.2 Å². The van der Waals surface area contributed by atoms with Gasteiger partial charge in [0, 0.05) is 12.7 Å². The average Bonchev–Trinajstić information content (AvgIpc) is 3.44. The van der Waals surface area contributed by atoms with E-state index in [4.69, 9.17) is 9.47 Å². The second-order valence-corrected chi connectivity index (χ2v) is 7.48. The molecule has 2 aromatic heterocycles. The van der Waals surface area contributed by atoms with Crippen LogP contribution in [0.1, 0.15) is 15.9 Å². The van der Waals surface area contributed by atoms with E-state index in [1.165, 1.54) is 5.56 Å². The number of nitrogens with zero attached hydrogens (tertiary/aromatic N) is 3. The van der Waals surface area contributed by atoms with Crippen LogP contribution in [0.3, 0.4) is 0 Å². The predicted molar refractivity (Wildman–Crippen MR) is 104 cm³/mol. The molecule has 5 rings (SSSR count). The lowest BCUT2D eigenvalue weighted by Gasteiger charge is -2.17. The standard InChI is InChI=1S/C21H22N4O4/c26-17-11-29-18-16(10-28-19(17)18)24-21(27)14-8-15-20(22-9-14)25(12-23-15)7-6-13-4-2-1-3-5-13/h1-5,8-9,12,16-19,26H,6-7,10-11H2,(H,24,27)/t16-,17-,18-,19-/m1/s1. The number of amides is 1. The molecule has 2 fully saturated rings. The number of carbonyl (C=O) groups excluding carboxylic acids is 1. The number of aliphatic hydroxyl groups is 1. The van der Waals surface area contributed by atoms with Crippen molar-refractivity contribution in [3.63, 3.8) is 0 Å². The van der Waals surface area contributed by atoms with E-state index in [0.717, 1.165) is 18.6 Å². The Labute approximate surface area is 167 Å². The molecule has 1 aromatic carbocycles. The van der Waals surface area contributed by atoms with Gasteiger partial charge in [-0.3, -0.25) is 4.79 Å². The molecule has 0 saturated carbocycles. The third-order valence-electron chi connectivity index (χ3n) is 5.55. The van der Waals surface area contributed by atoms with E-state index in [9.17, 15) is 9.90 Å². The summed E-state index contributed by atoms with van der Waals surface area (Å²) >= 11 is 0.